The number of pyridine rings is 3. The maximum absolute atomic E-state index is 4.98. The lowest BCUT2D eigenvalue weighted by Crippen LogP contribution is -2.00. The first kappa shape index (κ1) is 89.2. The van der Waals surface area contributed by atoms with Gasteiger partial charge in [0, 0.05) is 137 Å². The van der Waals surface area contributed by atoms with E-state index in [1.165, 1.54) is 0 Å². The largest absolute Gasteiger partial charge is 0.265 e. The molecule has 0 bridgehead atoms. The van der Waals surface area contributed by atoms with Gasteiger partial charge in [0.2, 0.25) is 0 Å². The minimum Gasteiger partial charge on any atom is -0.265 e. The van der Waals surface area contributed by atoms with Crippen LogP contribution in [0.4, 0.5) is 0 Å². The van der Waals surface area contributed by atoms with Crippen molar-refractivity contribution in [1.29, 1.82) is 0 Å². The van der Waals surface area contributed by atoms with Gasteiger partial charge in [0.05, 0.1) is 34.2 Å². The second-order valence-corrected chi connectivity index (χ2v) is 33.8. The summed E-state index contributed by atoms with van der Waals surface area (Å²) in [6, 6.07) is 159. The van der Waals surface area contributed by atoms with Crippen LogP contribution < -0.4 is 0 Å². The minimum atomic E-state index is 0.602. The van der Waals surface area contributed by atoms with Gasteiger partial charge in [-0.1, -0.05) is 400 Å². The molecule has 144 heavy (non-hydrogen) atoms. The van der Waals surface area contributed by atoms with Gasteiger partial charge < -0.3 is 0 Å². The van der Waals surface area contributed by atoms with Crippen LogP contribution >= 0.6 is 0 Å². The first-order valence-electron chi connectivity index (χ1n) is 47.1. The predicted octanol–water partition coefficient (Wildman–Crippen LogP) is 29.2. The Bertz CT molecular complexity index is 7380. The van der Waals surface area contributed by atoms with Gasteiger partial charge in [0.25, 0.3) is 0 Å². The summed E-state index contributed by atoms with van der Waals surface area (Å²) in [4.78, 5) is 86.2. The Morgan fingerprint density at radius 1 is 0.0903 bits per heavy atom. The molecule has 0 N–H and O–H groups in total. The highest BCUT2D eigenvalue weighted by molar-refractivity contribution is 5.83. The fourth-order valence-electron chi connectivity index (χ4n) is 16.8. The molecule has 678 valence electrons. The minimum absolute atomic E-state index is 0.602. The van der Waals surface area contributed by atoms with Gasteiger partial charge >= 0.3 is 0 Å². The van der Waals surface area contributed by atoms with E-state index in [1.807, 2.05) is 352 Å². The summed E-state index contributed by atoms with van der Waals surface area (Å²) in [5, 5.41) is 0. The molecule has 0 aliphatic carbocycles. The van der Waals surface area contributed by atoms with E-state index in [4.69, 9.17) is 74.8 Å². The topological polar surface area (TPSA) is 232 Å². The first-order valence-corrected chi connectivity index (χ1v) is 47.1. The Kier molecular flexibility index (Phi) is 26.2. The second kappa shape index (κ2) is 42.3. The molecular formula is C126H84N18. The Balaban J connectivity index is 0.000000123. The highest BCUT2D eigenvalue weighted by atomic mass is 15.1. The number of rotatable bonds is 21. The Hall–Kier alpha value is -20.0. The molecule has 0 aliphatic rings. The van der Waals surface area contributed by atoms with Crippen molar-refractivity contribution in [1.82, 2.24) is 89.7 Å². The van der Waals surface area contributed by atoms with Gasteiger partial charge in [-0.2, -0.15) is 0 Å². The molecule has 24 aromatic rings. The van der Waals surface area contributed by atoms with Crippen LogP contribution in [0.1, 0.15) is 0 Å². The molecule has 15 aromatic carbocycles. The number of hydrogen-bond donors (Lipinski definition) is 0. The average molecular weight is 1850 g/mol. The number of nitrogens with zero attached hydrogens (tertiary/aromatic N) is 18. The molecular weight excluding hydrogens is 1770 g/mol. The van der Waals surface area contributed by atoms with Crippen molar-refractivity contribution in [3.63, 3.8) is 0 Å². The van der Waals surface area contributed by atoms with Crippen LogP contribution in [0.2, 0.25) is 0 Å². The van der Waals surface area contributed by atoms with Crippen molar-refractivity contribution in [2.24, 2.45) is 0 Å². The van der Waals surface area contributed by atoms with Gasteiger partial charge in [-0.25, -0.2) is 74.8 Å². The van der Waals surface area contributed by atoms with Crippen molar-refractivity contribution in [2.45, 2.75) is 0 Å². The quantitative estimate of drug-likeness (QED) is 0.0650. The molecule has 0 radical (unpaired) electrons. The van der Waals surface area contributed by atoms with E-state index in [2.05, 4.69) is 142 Å². The lowest BCUT2D eigenvalue weighted by molar-refractivity contribution is 1.07. The van der Waals surface area contributed by atoms with Crippen LogP contribution in [-0.4, -0.2) is 89.7 Å². The fraction of sp³-hybridized carbons (Fsp3) is 0. The van der Waals surface area contributed by atoms with Crippen LogP contribution in [0.3, 0.4) is 0 Å². The van der Waals surface area contributed by atoms with E-state index >= 15 is 0 Å². The molecule has 18 nitrogen and oxygen atoms in total. The smallest absolute Gasteiger partial charge is 0.164 e. The van der Waals surface area contributed by atoms with Crippen LogP contribution in [0, 0.1) is 0 Å². The highest BCUT2D eigenvalue weighted by Crippen LogP contribution is 2.39. The van der Waals surface area contributed by atoms with E-state index in [0.717, 1.165) is 168 Å². The molecule has 0 fully saturated rings. The van der Waals surface area contributed by atoms with Crippen molar-refractivity contribution < 1.29 is 0 Å². The maximum Gasteiger partial charge on any atom is 0.164 e. The normalized spacial score (nSPS) is 10.9. The van der Waals surface area contributed by atoms with Crippen molar-refractivity contribution in [2.75, 3.05) is 0 Å². The molecule has 0 saturated heterocycles. The van der Waals surface area contributed by atoms with Crippen LogP contribution in [0.15, 0.2) is 510 Å². The molecule has 9 heterocycles. The third-order valence-corrected chi connectivity index (χ3v) is 24.2. The maximum atomic E-state index is 4.98. The Morgan fingerprint density at radius 3 is 0.493 bits per heavy atom. The molecule has 0 amide bonds. The van der Waals surface area contributed by atoms with E-state index in [9.17, 15) is 0 Å². The van der Waals surface area contributed by atoms with Crippen molar-refractivity contribution in [3.8, 4) is 238 Å². The molecule has 0 spiro atoms. The monoisotopic (exact) mass is 1850 g/mol. The summed E-state index contributed by atoms with van der Waals surface area (Å²) in [5.41, 5.74) is 28.7. The summed E-state index contributed by atoms with van der Waals surface area (Å²) in [6.07, 6.45) is 10.7. The van der Waals surface area contributed by atoms with Crippen molar-refractivity contribution in [3.05, 3.63) is 510 Å². The summed E-state index contributed by atoms with van der Waals surface area (Å²) < 4.78 is 0. The molecule has 0 aliphatic heterocycles. The number of benzene rings is 15. The van der Waals surface area contributed by atoms with Gasteiger partial charge in [0.1, 0.15) is 0 Å². The van der Waals surface area contributed by atoms with Gasteiger partial charge in [-0.15, -0.1) is 0 Å². The highest BCUT2D eigenvalue weighted by Gasteiger charge is 2.22. The first-order chi connectivity index (χ1) is 71.3. The molecule has 0 unspecified atom stereocenters. The summed E-state index contributed by atoms with van der Waals surface area (Å²) in [6.45, 7) is 0. The average Bonchev–Trinajstić information content (AvgIpc) is 0.793. The van der Waals surface area contributed by atoms with E-state index in [-0.39, 0.29) is 0 Å². The zero-order valence-electron chi connectivity index (χ0n) is 77.5. The number of aromatic nitrogens is 18. The molecule has 24 rings (SSSR count). The lowest BCUT2D eigenvalue weighted by Gasteiger charge is -2.11. The molecule has 9 aromatic heterocycles. The molecule has 18 heteroatoms. The summed E-state index contributed by atoms with van der Waals surface area (Å²) >= 11 is 0. The van der Waals surface area contributed by atoms with Crippen LogP contribution in [0.5, 0.6) is 0 Å². The summed E-state index contributed by atoms with van der Waals surface area (Å²) in [7, 11) is 0. The van der Waals surface area contributed by atoms with E-state index < -0.39 is 0 Å². The van der Waals surface area contributed by atoms with Crippen LogP contribution in [-0.2, 0) is 0 Å². The second-order valence-electron chi connectivity index (χ2n) is 33.8. The van der Waals surface area contributed by atoms with Gasteiger partial charge in [-0.05, 0) is 106 Å². The standard InChI is InChI=1S/3C42H28N6/c1-4-12-31(13-5-1)39-44-37(27-38(45-39)36-20-11-25-43-28-36)30-23-21-29(22-24-30)34-18-10-19-35(26-34)42-47-40(32-14-6-2-7-15-32)46-41(48-42)33-16-8-3-9-17-33;1-4-11-32(12-5-1)39-44-37(28-38(45-39)31-23-25-43-26-24-31)30-21-19-29(20-22-30)35-17-10-18-36(27-35)42-47-40(33-13-6-2-7-14-33)46-41(48-42)34-15-8-3-9-16-34;1-4-11-30(12-5-1)37-28-38(45-39(44-37)32-13-6-2-7-14-32)31-21-19-29(20-22-31)35-17-10-18-36(27-35)42-47-40(33-15-8-3-9-16-33)46-41(48-42)34-23-25-43-26-24-34/h3*1-28H. The predicted molar refractivity (Wildman–Crippen MR) is 574 cm³/mol. The molecule has 0 saturated carbocycles. The third-order valence-electron chi connectivity index (χ3n) is 24.2. The van der Waals surface area contributed by atoms with Gasteiger partial charge in [-0.3, -0.25) is 15.0 Å². The molecule has 0 atom stereocenters. The zero-order valence-corrected chi connectivity index (χ0v) is 77.5. The Morgan fingerprint density at radius 2 is 0.257 bits per heavy atom. The SMILES string of the molecule is c1ccc(-c2cc(-c3ccc(-c4cccc(-c5nc(-c6ccccc6)nc(-c6ccncc6)n5)c4)cc3)nc(-c3ccccc3)n2)cc1.c1ccc(-c2nc(-c3ccc(-c4cccc(-c5nc(-c6ccccc6)nc(-c6ccccc6)n5)c4)cc3)cc(-c3cccnc3)n2)cc1.c1ccc(-c2nc(-c3ccncc3)cc(-c3ccc(-c4cccc(-c5nc(-c6ccccc6)nc(-c6ccccc6)n5)c4)cc3)n2)cc1. The zero-order chi connectivity index (χ0) is 96.4. The lowest BCUT2D eigenvalue weighted by atomic mass is 10.00. The van der Waals surface area contributed by atoms with Crippen molar-refractivity contribution >= 4 is 0 Å². The number of hydrogen-bond acceptors (Lipinski definition) is 18. The third kappa shape index (κ3) is 21.0. The Labute approximate surface area is 832 Å². The fourth-order valence-corrected chi connectivity index (χ4v) is 16.8. The van der Waals surface area contributed by atoms with E-state index in [1.54, 1.807) is 31.0 Å². The summed E-state index contributed by atoms with van der Waals surface area (Å²) in [5.74, 6) is 7.68. The van der Waals surface area contributed by atoms with Gasteiger partial charge in [0.15, 0.2) is 69.9 Å². The van der Waals surface area contributed by atoms with E-state index in [0.29, 0.717) is 69.9 Å². The van der Waals surface area contributed by atoms with Crippen LogP contribution in [0.25, 0.3) is 238 Å².